The van der Waals surface area contributed by atoms with E-state index in [9.17, 15) is 12.8 Å². The molecule has 0 N–H and O–H groups in total. The molecule has 4 aromatic rings. The second kappa shape index (κ2) is 8.74. The Balaban J connectivity index is 1.50. The van der Waals surface area contributed by atoms with Gasteiger partial charge in [0, 0.05) is 30.5 Å². The summed E-state index contributed by atoms with van der Waals surface area (Å²) in [6.45, 7) is 2.11. The highest BCUT2D eigenvalue weighted by atomic mass is 32.2. The van der Waals surface area contributed by atoms with E-state index in [1.54, 1.807) is 38.4 Å². The summed E-state index contributed by atoms with van der Waals surface area (Å²) in [6.07, 6.45) is 2.91. The van der Waals surface area contributed by atoms with Crippen LogP contribution in [0.2, 0.25) is 0 Å². The first-order valence-corrected chi connectivity index (χ1v) is 11.8. The number of hydrogen-bond donors (Lipinski definition) is 0. The molecular weight excluding hydrogens is 441 g/mol. The van der Waals surface area contributed by atoms with Crippen LogP contribution in [0, 0.1) is 12.7 Å². The molecule has 0 saturated heterocycles. The van der Waals surface area contributed by atoms with Crippen molar-refractivity contribution in [1.29, 1.82) is 0 Å². The highest BCUT2D eigenvalue weighted by Crippen LogP contribution is 2.34. The molecule has 0 unspecified atom stereocenters. The van der Waals surface area contributed by atoms with E-state index in [1.165, 1.54) is 27.8 Å². The van der Waals surface area contributed by atoms with Crippen molar-refractivity contribution in [3.63, 3.8) is 0 Å². The average molecular weight is 462 g/mol. The van der Waals surface area contributed by atoms with Crippen molar-refractivity contribution >= 4 is 21.4 Å². The summed E-state index contributed by atoms with van der Waals surface area (Å²) in [7, 11) is -2.10. The fraction of sp³-hybridized carbons (Fsp3) is 0.238. The molecule has 0 saturated carbocycles. The Kier molecular flexibility index (Phi) is 6.03. The van der Waals surface area contributed by atoms with Gasteiger partial charge in [-0.25, -0.2) is 17.1 Å². The minimum absolute atomic E-state index is 0.217. The Morgan fingerprint density at radius 1 is 1.19 bits per heavy atom. The number of aryl methyl sites for hydroxylation is 2. The van der Waals surface area contributed by atoms with Crippen LogP contribution in [0.3, 0.4) is 0 Å². The van der Waals surface area contributed by atoms with E-state index >= 15 is 0 Å². The third-order valence-electron chi connectivity index (χ3n) is 4.78. The minimum atomic E-state index is -3.67. The molecule has 10 heteroatoms. The molecule has 0 aliphatic carbocycles. The standard InChI is InChI=1S/C21H20FN3O4S2/c1-14-19(31(26,27)25(2)11-3-5-17-6-4-12-28-17)13-18(30-14)21-23-20(24-29-21)15-7-9-16(22)10-8-15/h4,6-10,12-13H,3,5,11H2,1-2H3. The predicted octanol–water partition coefficient (Wildman–Crippen LogP) is 4.76. The second-order valence-corrected chi connectivity index (χ2v) is 10.2. The van der Waals surface area contributed by atoms with Crippen LogP contribution in [0.1, 0.15) is 17.1 Å². The molecule has 0 aliphatic rings. The molecule has 0 fully saturated rings. The van der Waals surface area contributed by atoms with Gasteiger partial charge >= 0.3 is 0 Å². The smallest absolute Gasteiger partial charge is 0.268 e. The molecule has 0 amide bonds. The number of benzene rings is 1. The summed E-state index contributed by atoms with van der Waals surface area (Å²) < 4.78 is 51.2. The van der Waals surface area contributed by atoms with Gasteiger partial charge in [0.15, 0.2) is 0 Å². The van der Waals surface area contributed by atoms with Crippen LogP contribution in [0.25, 0.3) is 22.2 Å². The number of rotatable bonds is 8. The Morgan fingerprint density at radius 2 is 1.97 bits per heavy atom. The van der Waals surface area contributed by atoms with Gasteiger partial charge in [0.2, 0.25) is 15.8 Å². The van der Waals surface area contributed by atoms with Gasteiger partial charge in [0.1, 0.15) is 11.6 Å². The largest absolute Gasteiger partial charge is 0.469 e. The van der Waals surface area contributed by atoms with E-state index in [2.05, 4.69) is 10.1 Å². The molecule has 1 aromatic carbocycles. The second-order valence-electron chi connectivity index (χ2n) is 6.97. The van der Waals surface area contributed by atoms with Crippen molar-refractivity contribution in [2.24, 2.45) is 0 Å². The van der Waals surface area contributed by atoms with Gasteiger partial charge in [0.25, 0.3) is 5.89 Å². The van der Waals surface area contributed by atoms with Crippen molar-refractivity contribution in [2.75, 3.05) is 13.6 Å². The van der Waals surface area contributed by atoms with E-state index < -0.39 is 10.0 Å². The van der Waals surface area contributed by atoms with Gasteiger partial charge in [0.05, 0.1) is 16.0 Å². The number of furan rings is 1. The molecule has 3 heterocycles. The van der Waals surface area contributed by atoms with Crippen LogP contribution in [0.4, 0.5) is 4.39 Å². The number of thiophene rings is 1. The Morgan fingerprint density at radius 3 is 2.68 bits per heavy atom. The van der Waals surface area contributed by atoms with Gasteiger partial charge < -0.3 is 8.94 Å². The van der Waals surface area contributed by atoms with Gasteiger partial charge in [-0.1, -0.05) is 5.16 Å². The first-order valence-electron chi connectivity index (χ1n) is 9.54. The molecule has 162 valence electrons. The van der Waals surface area contributed by atoms with Gasteiger partial charge in [-0.3, -0.25) is 0 Å². The third kappa shape index (κ3) is 4.60. The van der Waals surface area contributed by atoms with Crippen molar-refractivity contribution in [3.8, 4) is 22.2 Å². The quantitative estimate of drug-likeness (QED) is 0.376. The van der Waals surface area contributed by atoms with E-state index in [1.807, 2.05) is 12.1 Å². The zero-order valence-corrected chi connectivity index (χ0v) is 18.5. The van der Waals surface area contributed by atoms with Gasteiger partial charge in [-0.2, -0.15) is 4.98 Å². The fourth-order valence-corrected chi connectivity index (χ4v) is 5.77. The fourth-order valence-electron chi connectivity index (χ4n) is 3.09. The molecule has 7 nitrogen and oxygen atoms in total. The highest BCUT2D eigenvalue weighted by Gasteiger charge is 2.26. The molecule has 31 heavy (non-hydrogen) atoms. The number of nitrogens with zero attached hydrogens (tertiary/aromatic N) is 3. The first-order chi connectivity index (χ1) is 14.8. The summed E-state index contributed by atoms with van der Waals surface area (Å²) >= 11 is 1.27. The molecular formula is C21H20FN3O4S2. The number of hydrogen-bond acceptors (Lipinski definition) is 7. The third-order valence-corrected chi connectivity index (χ3v) is 7.93. The lowest BCUT2D eigenvalue weighted by atomic mass is 10.2. The number of halogens is 1. The van der Waals surface area contributed by atoms with E-state index in [0.29, 0.717) is 40.5 Å². The lowest BCUT2D eigenvalue weighted by Crippen LogP contribution is -2.28. The van der Waals surface area contributed by atoms with E-state index in [4.69, 9.17) is 8.94 Å². The predicted molar refractivity (Wildman–Crippen MR) is 115 cm³/mol. The molecule has 0 aliphatic heterocycles. The van der Waals surface area contributed by atoms with Gasteiger partial charge in [-0.15, -0.1) is 11.3 Å². The van der Waals surface area contributed by atoms with Crippen LogP contribution in [0.5, 0.6) is 0 Å². The van der Waals surface area contributed by atoms with E-state index in [-0.39, 0.29) is 16.6 Å². The maximum atomic E-state index is 13.1. The van der Waals surface area contributed by atoms with Crippen molar-refractivity contribution in [3.05, 3.63) is 65.2 Å². The monoisotopic (exact) mass is 461 g/mol. The maximum Gasteiger partial charge on any atom is 0.268 e. The van der Waals surface area contributed by atoms with Crippen molar-refractivity contribution < 1.29 is 21.7 Å². The maximum absolute atomic E-state index is 13.1. The molecule has 0 atom stereocenters. The van der Waals surface area contributed by atoms with Crippen molar-refractivity contribution in [2.45, 2.75) is 24.7 Å². The normalized spacial score (nSPS) is 12.0. The van der Waals surface area contributed by atoms with Crippen LogP contribution in [-0.2, 0) is 16.4 Å². The Labute approximate surface area is 183 Å². The summed E-state index contributed by atoms with van der Waals surface area (Å²) in [5, 5.41) is 3.92. The summed E-state index contributed by atoms with van der Waals surface area (Å²) in [6, 6.07) is 11.0. The first kappa shape index (κ1) is 21.4. The molecule has 3 aromatic heterocycles. The lowest BCUT2D eigenvalue weighted by Gasteiger charge is -2.16. The zero-order valence-electron chi connectivity index (χ0n) is 16.9. The Bertz CT molecular complexity index is 1260. The molecule has 0 spiro atoms. The minimum Gasteiger partial charge on any atom is -0.469 e. The molecule has 4 rings (SSSR count). The average Bonchev–Trinajstić information content (AvgIpc) is 3.49. The zero-order chi connectivity index (χ0) is 22.0. The summed E-state index contributed by atoms with van der Waals surface area (Å²) in [4.78, 5) is 5.74. The van der Waals surface area contributed by atoms with Gasteiger partial charge in [-0.05, 0) is 55.8 Å². The van der Waals surface area contributed by atoms with E-state index in [0.717, 1.165) is 5.76 Å². The van der Waals surface area contributed by atoms with Crippen LogP contribution >= 0.6 is 11.3 Å². The van der Waals surface area contributed by atoms with Crippen LogP contribution in [0.15, 0.2) is 62.6 Å². The number of sulfonamides is 1. The van der Waals surface area contributed by atoms with Crippen LogP contribution in [-0.4, -0.2) is 36.5 Å². The number of aromatic nitrogens is 2. The SMILES string of the molecule is Cc1sc(-c2nc(-c3ccc(F)cc3)no2)cc1S(=O)(=O)N(C)CCCc1ccco1. The summed E-state index contributed by atoms with van der Waals surface area (Å²) in [5.41, 5.74) is 0.605. The summed E-state index contributed by atoms with van der Waals surface area (Å²) in [5.74, 6) is 0.993. The highest BCUT2D eigenvalue weighted by molar-refractivity contribution is 7.89. The Hall–Kier alpha value is -2.82. The lowest BCUT2D eigenvalue weighted by molar-refractivity contribution is 0.433. The van der Waals surface area contributed by atoms with Crippen molar-refractivity contribution in [1.82, 2.24) is 14.4 Å². The van der Waals surface area contributed by atoms with Crippen LogP contribution < -0.4 is 0 Å². The topological polar surface area (TPSA) is 89.4 Å². The molecule has 0 radical (unpaired) electrons. The molecule has 0 bridgehead atoms.